The van der Waals surface area contributed by atoms with E-state index in [1.54, 1.807) is 0 Å². The van der Waals surface area contributed by atoms with E-state index in [1.165, 1.54) is 289 Å². The second-order valence-electron chi connectivity index (χ2n) is 22.5. The molecule has 0 heterocycles. The van der Waals surface area contributed by atoms with E-state index >= 15 is 0 Å². The molecule has 0 bridgehead atoms. The number of carbonyl (C=O) groups is 2. The number of unbranched alkanes of at least 4 members (excludes halogenated alkanes) is 48. The number of hydrogen-bond acceptors (Lipinski definition) is 5. The number of hydrogen-bond donors (Lipinski definition) is 3. The molecule has 2 unspecified atom stereocenters. The molecule has 0 aliphatic rings. The lowest BCUT2D eigenvalue weighted by Crippen LogP contribution is -2.45. The topological polar surface area (TPSA) is 95.9 Å². The average molecular weight is 1000 g/mol. The number of aliphatic hydroxyl groups excluding tert-OH is 2. The number of nitrogens with one attached hydrogen (secondary N) is 1. The van der Waals surface area contributed by atoms with Crippen molar-refractivity contribution >= 4 is 11.9 Å². The van der Waals surface area contributed by atoms with Gasteiger partial charge in [-0.25, -0.2) is 0 Å². The van der Waals surface area contributed by atoms with E-state index in [-0.39, 0.29) is 18.5 Å². The molecule has 0 aliphatic carbocycles. The van der Waals surface area contributed by atoms with Crippen LogP contribution < -0.4 is 5.32 Å². The van der Waals surface area contributed by atoms with Crippen molar-refractivity contribution in [1.29, 1.82) is 0 Å². The smallest absolute Gasteiger partial charge is 0.305 e. The fourth-order valence-corrected chi connectivity index (χ4v) is 10.3. The third kappa shape index (κ3) is 57.7. The van der Waals surface area contributed by atoms with Crippen LogP contribution in [0.25, 0.3) is 0 Å². The Labute approximate surface area is 444 Å². The summed E-state index contributed by atoms with van der Waals surface area (Å²) in [4.78, 5) is 24.5. The molecule has 0 aromatic heterocycles. The summed E-state index contributed by atoms with van der Waals surface area (Å²) < 4.78 is 5.48. The van der Waals surface area contributed by atoms with E-state index in [2.05, 4.69) is 31.3 Å². The molecule has 1 amide bonds. The van der Waals surface area contributed by atoms with Gasteiger partial charge in [0, 0.05) is 12.8 Å². The van der Waals surface area contributed by atoms with Crippen LogP contribution in [0, 0.1) is 0 Å². The van der Waals surface area contributed by atoms with Crippen molar-refractivity contribution < 1.29 is 24.5 Å². The lowest BCUT2D eigenvalue weighted by Gasteiger charge is -2.22. The van der Waals surface area contributed by atoms with E-state index in [9.17, 15) is 19.8 Å². The Hall–Kier alpha value is -1.40. The Morgan fingerprint density at radius 2 is 0.662 bits per heavy atom. The van der Waals surface area contributed by atoms with Gasteiger partial charge >= 0.3 is 5.97 Å². The number of ether oxygens (including phenoxy) is 1. The summed E-state index contributed by atoms with van der Waals surface area (Å²) in [5, 5.41) is 23.3. The summed E-state index contributed by atoms with van der Waals surface area (Å²) in [5.41, 5.74) is 0. The molecule has 71 heavy (non-hydrogen) atoms. The van der Waals surface area contributed by atoms with Crippen molar-refractivity contribution in [3.63, 3.8) is 0 Å². The second kappa shape index (κ2) is 61.1. The van der Waals surface area contributed by atoms with E-state index in [4.69, 9.17) is 4.74 Å². The molecule has 0 saturated heterocycles. The molecule has 2 atom stereocenters. The minimum atomic E-state index is -0.663. The largest absolute Gasteiger partial charge is 0.466 e. The van der Waals surface area contributed by atoms with Crippen LogP contribution in [-0.2, 0) is 14.3 Å². The molecular weight excluding hydrogens is 875 g/mol. The zero-order valence-electron chi connectivity index (χ0n) is 48.2. The third-order valence-electron chi connectivity index (χ3n) is 15.3. The first kappa shape index (κ1) is 69.6. The minimum absolute atomic E-state index is 0.00769. The third-order valence-corrected chi connectivity index (χ3v) is 15.3. The number of aliphatic hydroxyl groups is 2. The van der Waals surface area contributed by atoms with Crippen LogP contribution in [0.3, 0.4) is 0 Å². The highest BCUT2D eigenvalue weighted by Crippen LogP contribution is 2.18. The molecule has 6 nitrogen and oxygen atoms in total. The Bertz CT molecular complexity index is 1060. The Balaban J connectivity index is 3.36. The molecule has 0 saturated carbocycles. The fourth-order valence-electron chi connectivity index (χ4n) is 10.3. The van der Waals surface area contributed by atoms with E-state index in [0.717, 1.165) is 44.9 Å². The van der Waals surface area contributed by atoms with Gasteiger partial charge in [0.25, 0.3) is 0 Å². The predicted molar refractivity (Wildman–Crippen MR) is 310 cm³/mol. The number of allylic oxidation sites excluding steroid dienone is 2. The van der Waals surface area contributed by atoms with Gasteiger partial charge in [0.15, 0.2) is 0 Å². The van der Waals surface area contributed by atoms with Gasteiger partial charge in [-0.05, 0) is 51.4 Å². The highest BCUT2D eigenvalue weighted by molar-refractivity contribution is 5.76. The number of rotatable bonds is 61. The standard InChI is InChI=1S/C65H127NO5/c1-3-5-7-9-11-13-15-17-19-30-33-37-41-45-49-53-57-63(68)62(61-67)66-64(69)58-54-50-46-42-38-34-31-28-26-24-22-20-21-23-25-27-29-32-36-40-44-48-52-56-60-71-65(70)59-55-51-47-43-39-35-18-16-14-12-10-8-6-4-2/h16,18,62-63,67-68H,3-15,17,19-61H2,1-2H3,(H,66,69)/b18-16-. The highest BCUT2D eigenvalue weighted by atomic mass is 16.5. The Morgan fingerprint density at radius 3 is 1.00 bits per heavy atom. The molecule has 0 spiro atoms. The summed E-state index contributed by atoms with van der Waals surface area (Å²) in [5.74, 6) is -0.0230. The fraction of sp³-hybridized carbons (Fsp3) is 0.938. The van der Waals surface area contributed by atoms with Crippen LogP contribution in [0.4, 0.5) is 0 Å². The summed E-state index contributed by atoms with van der Waals surface area (Å²) >= 11 is 0. The van der Waals surface area contributed by atoms with Gasteiger partial charge in [-0.15, -0.1) is 0 Å². The van der Waals surface area contributed by atoms with Crippen LogP contribution in [0.2, 0.25) is 0 Å². The molecule has 6 heteroatoms. The highest BCUT2D eigenvalue weighted by Gasteiger charge is 2.20. The molecule has 0 radical (unpaired) electrons. The minimum Gasteiger partial charge on any atom is -0.466 e. The average Bonchev–Trinajstić information content (AvgIpc) is 3.37. The summed E-state index contributed by atoms with van der Waals surface area (Å²) in [7, 11) is 0. The molecule has 0 aliphatic heterocycles. The zero-order chi connectivity index (χ0) is 51.4. The maximum Gasteiger partial charge on any atom is 0.305 e. The van der Waals surface area contributed by atoms with Crippen molar-refractivity contribution in [2.24, 2.45) is 0 Å². The van der Waals surface area contributed by atoms with Crippen molar-refractivity contribution in [2.45, 2.75) is 379 Å². The second-order valence-corrected chi connectivity index (χ2v) is 22.5. The van der Waals surface area contributed by atoms with Gasteiger partial charge in [0.2, 0.25) is 5.91 Å². The van der Waals surface area contributed by atoms with Crippen LogP contribution >= 0.6 is 0 Å². The van der Waals surface area contributed by atoms with Crippen LogP contribution in [0.5, 0.6) is 0 Å². The van der Waals surface area contributed by atoms with Crippen molar-refractivity contribution in [3.8, 4) is 0 Å². The maximum atomic E-state index is 12.5. The van der Waals surface area contributed by atoms with Crippen molar-refractivity contribution in [2.75, 3.05) is 13.2 Å². The van der Waals surface area contributed by atoms with Crippen molar-refractivity contribution in [1.82, 2.24) is 5.32 Å². The van der Waals surface area contributed by atoms with Gasteiger partial charge < -0.3 is 20.3 Å². The summed E-state index contributed by atoms with van der Waals surface area (Å²) in [6, 6.07) is -0.540. The SMILES string of the molecule is CCCCCCC/C=C\CCCCCCCC(=O)OCCCCCCCCCCCCCCCCCCCCCCCCCCC(=O)NC(CO)C(O)CCCCCCCCCCCCCCCCCC. The monoisotopic (exact) mass is 1000 g/mol. The lowest BCUT2D eigenvalue weighted by atomic mass is 10.0. The quantitative estimate of drug-likeness (QED) is 0.0320. The predicted octanol–water partition coefficient (Wildman–Crippen LogP) is 20.4. The van der Waals surface area contributed by atoms with E-state index in [0.29, 0.717) is 25.9 Å². The first-order valence-electron chi connectivity index (χ1n) is 32.4. The molecule has 3 N–H and O–H groups in total. The van der Waals surface area contributed by atoms with Gasteiger partial charge in [-0.2, -0.15) is 0 Å². The van der Waals surface area contributed by atoms with Crippen molar-refractivity contribution in [3.05, 3.63) is 12.2 Å². The lowest BCUT2D eigenvalue weighted by molar-refractivity contribution is -0.143. The number of esters is 1. The maximum absolute atomic E-state index is 12.5. The van der Waals surface area contributed by atoms with E-state index in [1.807, 2.05) is 0 Å². The van der Waals surface area contributed by atoms with Gasteiger partial charge in [0.1, 0.15) is 0 Å². The van der Waals surface area contributed by atoms with Crippen LogP contribution in [0.15, 0.2) is 12.2 Å². The summed E-state index contributed by atoms with van der Waals surface area (Å²) in [6.07, 6.45) is 73.7. The van der Waals surface area contributed by atoms with Crippen LogP contribution in [-0.4, -0.2) is 47.4 Å². The van der Waals surface area contributed by atoms with Crippen LogP contribution in [0.1, 0.15) is 367 Å². The first-order valence-corrected chi connectivity index (χ1v) is 32.4. The molecule has 0 aromatic carbocycles. The molecule has 422 valence electrons. The molecule has 0 rings (SSSR count). The van der Waals surface area contributed by atoms with Gasteiger partial charge in [-0.1, -0.05) is 315 Å². The van der Waals surface area contributed by atoms with E-state index < -0.39 is 12.1 Å². The molecule has 0 aromatic rings. The van der Waals surface area contributed by atoms with Gasteiger partial charge in [-0.3, -0.25) is 9.59 Å². The number of carbonyl (C=O) groups excluding carboxylic acids is 2. The zero-order valence-corrected chi connectivity index (χ0v) is 48.2. The number of amides is 1. The Morgan fingerprint density at radius 1 is 0.380 bits per heavy atom. The normalized spacial score (nSPS) is 12.6. The summed E-state index contributed by atoms with van der Waals surface area (Å²) in [6.45, 7) is 4.97. The molecular formula is C65H127NO5. The molecule has 0 fully saturated rings. The van der Waals surface area contributed by atoms with Gasteiger partial charge in [0.05, 0.1) is 25.4 Å². The Kier molecular flexibility index (Phi) is 59.9. The first-order chi connectivity index (χ1) is 35.0.